The van der Waals surface area contributed by atoms with E-state index in [2.05, 4.69) is 4.90 Å². The van der Waals surface area contributed by atoms with Crippen LogP contribution in [-0.4, -0.2) is 107 Å². The highest BCUT2D eigenvalue weighted by Crippen LogP contribution is 2.42. The Hall–Kier alpha value is -3.45. The molecule has 0 saturated carbocycles. The Labute approximate surface area is 228 Å². The van der Waals surface area contributed by atoms with Crippen molar-refractivity contribution in [1.29, 1.82) is 0 Å². The van der Waals surface area contributed by atoms with Gasteiger partial charge in [-0.25, -0.2) is 12.7 Å². The van der Waals surface area contributed by atoms with Gasteiger partial charge in [0, 0.05) is 45.8 Å². The monoisotopic (exact) mass is 559 g/mol. The molecule has 2 aliphatic rings. The van der Waals surface area contributed by atoms with Crippen molar-refractivity contribution in [2.24, 2.45) is 0 Å². The highest BCUT2D eigenvalue weighted by Gasteiger charge is 2.46. The number of aliphatic hydroxyl groups is 1. The molecule has 2 aliphatic heterocycles. The van der Waals surface area contributed by atoms with Crippen LogP contribution in [0, 0.1) is 0 Å². The molecule has 2 fully saturated rings. The van der Waals surface area contributed by atoms with Crippen LogP contribution < -0.4 is 9.47 Å². The third-order valence-corrected chi connectivity index (χ3v) is 8.76. The molecule has 2 aromatic carbocycles. The first-order valence-corrected chi connectivity index (χ1v) is 13.9. The molecule has 2 aromatic rings. The average Bonchev–Trinajstić information content (AvgIpc) is 3.20. The Morgan fingerprint density at radius 2 is 1.64 bits per heavy atom. The summed E-state index contributed by atoms with van der Waals surface area (Å²) in [5.41, 5.74) is 0.684. The van der Waals surface area contributed by atoms with Crippen molar-refractivity contribution in [3.63, 3.8) is 0 Å². The smallest absolute Gasteiger partial charge is 0.295 e. The first-order chi connectivity index (χ1) is 18.6. The molecule has 12 heteroatoms. The normalized spacial score (nSPS) is 20.0. The molecule has 1 N–H and O–H groups in total. The summed E-state index contributed by atoms with van der Waals surface area (Å²) in [4.78, 5) is 30.3. The Kier molecular flexibility index (Phi) is 8.60. The zero-order valence-corrected chi connectivity index (χ0v) is 23.2. The minimum absolute atomic E-state index is 0.0338. The number of nitrogens with zero attached hydrogens (tertiary/aromatic N) is 3. The summed E-state index contributed by atoms with van der Waals surface area (Å²) >= 11 is 0. The van der Waals surface area contributed by atoms with Crippen LogP contribution in [-0.2, 0) is 24.3 Å². The van der Waals surface area contributed by atoms with E-state index in [9.17, 15) is 23.1 Å². The van der Waals surface area contributed by atoms with Crippen molar-refractivity contribution in [3.8, 4) is 11.5 Å². The molecule has 0 radical (unpaired) electrons. The topological polar surface area (TPSA) is 126 Å². The van der Waals surface area contributed by atoms with Gasteiger partial charge in [0.05, 0.1) is 43.9 Å². The van der Waals surface area contributed by atoms with Crippen LogP contribution in [0.25, 0.3) is 5.76 Å². The lowest BCUT2D eigenvalue weighted by Gasteiger charge is -2.31. The molecule has 0 aliphatic carbocycles. The second-order valence-corrected chi connectivity index (χ2v) is 11.5. The summed E-state index contributed by atoms with van der Waals surface area (Å²) in [6.45, 7) is 3.40. The van der Waals surface area contributed by atoms with E-state index in [0.29, 0.717) is 49.9 Å². The number of methoxy groups -OCH3 is 2. The number of benzene rings is 2. The van der Waals surface area contributed by atoms with Crippen molar-refractivity contribution < 1.29 is 37.3 Å². The quantitative estimate of drug-likeness (QED) is 0.278. The largest absolute Gasteiger partial charge is 0.507 e. The summed E-state index contributed by atoms with van der Waals surface area (Å²) in [6, 6.07) is 9.72. The van der Waals surface area contributed by atoms with E-state index < -0.39 is 33.5 Å². The Balaban J connectivity index is 1.78. The predicted octanol–water partition coefficient (Wildman–Crippen LogP) is 1.71. The second kappa shape index (κ2) is 11.7. The van der Waals surface area contributed by atoms with Gasteiger partial charge in [-0.3, -0.25) is 14.5 Å². The molecule has 2 saturated heterocycles. The minimum Gasteiger partial charge on any atom is -0.507 e. The van der Waals surface area contributed by atoms with Gasteiger partial charge in [0.2, 0.25) is 10.0 Å². The SMILES string of the molecule is COc1ccc(C2C(=C(O)c3ccc(S(=O)(=O)N(C)C)cc3)C(=O)C(=O)N2CCN2CCOCC2)cc1OC. The molecule has 0 aromatic heterocycles. The number of hydrogen-bond donors (Lipinski definition) is 1. The second-order valence-electron chi connectivity index (χ2n) is 9.37. The number of likely N-dealkylation sites (tertiary alicyclic amines) is 1. The zero-order valence-electron chi connectivity index (χ0n) is 22.4. The Morgan fingerprint density at radius 1 is 1.00 bits per heavy atom. The van der Waals surface area contributed by atoms with Crippen molar-refractivity contribution in [2.75, 3.05) is 67.7 Å². The van der Waals surface area contributed by atoms with E-state index in [-0.39, 0.29) is 22.6 Å². The maximum absolute atomic E-state index is 13.4. The molecule has 0 bridgehead atoms. The van der Waals surface area contributed by atoms with E-state index in [1.54, 1.807) is 18.2 Å². The molecule has 210 valence electrons. The van der Waals surface area contributed by atoms with Crippen LogP contribution in [0.5, 0.6) is 11.5 Å². The molecule has 0 spiro atoms. The van der Waals surface area contributed by atoms with E-state index in [4.69, 9.17) is 14.2 Å². The van der Waals surface area contributed by atoms with Gasteiger partial charge < -0.3 is 24.2 Å². The summed E-state index contributed by atoms with van der Waals surface area (Å²) in [5.74, 6) is -1.05. The lowest BCUT2D eigenvalue weighted by Crippen LogP contribution is -2.42. The number of morpholine rings is 1. The highest BCUT2D eigenvalue weighted by molar-refractivity contribution is 7.89. The molecule has 4 rings (SSSR count). The fraction of sp³-hybridized carbons (Fsp3) is 0.407. The Bertz CT molecular complexity index is 1370. The number of ketones is 1. The summed E-state index contributed by atoms with van der Waals surface area (Å²) < 4.78 is 42.2. The average molecular weight is 560 g/mol. The summed E-state index contributed by atoms with van der Waals surface area (Å²) in [7, 11) is 2.15. The van der Waals surface area contributed by atoms with E-state index >= 15 is 0 Å². The maximum atomic E-state index is 13.4. The lowest BCUT2D eigenvalue weighted by molar-refractivity contribution is -0.140. The Morgan fingerprint density at radius 3 is 2.23 bits per heavy atom. The fourth-order valence-corrected chi connectivity index (χ4v) is 5.61. The minimum atomic E-state index is -3.69. The van der Waals surface area contributed by atoms with Crippen LogP contribution >= 0.6 is 0 Å². The molecule has 11 nitrogen and oxygen atoms in total. The fourth-order valence-electron chi connectivity index (χ4n) is 4.71. The zero-order chi connectivity index (χ0) is 28.3. The number of ether oxygens (including phenoxy) is 3. The van der Waals surface area contributed by atoms with Gasteiger partial charge in [-0.05, 0) is 42.0 Å². The van der Waals surface area contributed by atoms with Crippen molar-refractivity contribution >= 4 is 27.5 Å². The first-order valence-electron chi connectivity index (χ1n) is 12.4. The summed E-state index contributed by atoms with van der Waals surface area (Å²) in [5, 5.41) is 11.3. The number of hydrogen-bond acceptors (Lipinski definition) is 9. The van der Waals surface area contributed by atoms with Crippen LogP contribution in [0.2, 0.25) is 0 Å². The van der Waals surface area contributed by atoms with Crippen LogP contribution in [0.15, 0.2) is 52.9 Å². The van der Waals surface area contributed by atoms with Gasteiger partial charge >= 0.3 is 0 Å². The molecular formula is C27H33N3O8S. The maximum Gasteiger partial charge on any atom is 0.295 e. The van der Waals surface area contributed by atoms with Crippen molar-refractivity contribution in [1.82, 2.24) is 14.1 Å². The third kappa shape index (κ3) is 5.64. The molecule has 39 heavy (non-hydrogen) atoms. The third-order valence-electron chi connectivity index (χ3n) is 6.93. The summed E-state index contributed by atoms with van der Waals surface area (Å²) in [6.07, 6.45) is 0. The van der Waals surface area contributed by atoms with Gasteiger partial charge in [0.25, 0.3) is 11.7 Å². The molecule has 2 heterocycles. The van der Waals surface area contributed by atoms with E-state index in [1.807, 2.05) is 0 Å². The van der Waals surface area contributed by atoms with E-state index in [1.165, 1.54) is 57.5 Å². The number of aliphatic hydroxyl groups excluding tert-OH is 1. The number of sulfonamides is 1. The molecular weight excluding hydrogens is 526 g/mol. The van der Waals surface area contributed by atoms with Gasteiger partial charge in [-0.2, -0.15) is 0 Å². The number of amides is 1. The standard InChI is InChI=1S/C27H33N3O8S/c1-28(2)39(34,35)20-8-5-18(6-9-20)25(31)23-24(19-7-10-21(36-3)22(17-19)37-4)30(27(33)26(23)32)12-11-29-13-15-38-16-14-29/h5-10,17,24,31H,11-16H2,1-4H3. The van der Waals surface area contributed by atoms with Crippen molar-refractivity contribution in [2.45, 2.75) is 10.9 Å². The number of Topliss-reactive ketones (excluding diaryl/α,β-unsaturated/α-hetero) is 1. The van der Waals surface area contributed by atoms with Crippen molar-refractivity contribution in [3.05, 3.63) is 59.2 Å². The van der Waals surface area contributed by atoms with Gasteiger partial charge in [0.1, 0.15) is 5.76 Å². The molecule has 1 atom stereocenters. The van der Waals surface area contributed by atoms with Crippen LogP contribution in [0.3, 0.4) is 0 Å². The van der Waals surface area contributed by atoms with Gasteiger partial charge in [-0.1, -0.05) is 6.07 Å². The molecule has 1 amide bonds. The number of carbonyl (C=O) groups is 2. The molecule has 1 unspecified atom stereocenters. The highest BCUT2D eigenvalue weighted by atomic mass is 32.2. The predicted molar refractivity (Wildman–Crippen MR) is 143 cm³/mol. The van der Waals surface area contributed by atoms with E-state index in [0.717, 1.165) is 4.31 Å². The van der Waals surface area contributed by atoms with Gasteiger partial charge in [-0.15, -0.1) is 0 Å². The first kappa shape index (κ1) is 28.6. The van der Waals surface area contributed by atoms with Crippen LogP contribution in [0.1, 0.15) is 17.2 Å². The van der Waals surface area contributed by atoms with Crippen LogP contribution in [0.4, 0.5) is 0 Å². The lowest BCUT2D eigenvalue weighted by atomic mass is 9.95. The van der Waals surface area contributed by atoms with Gasteiger partial charge in [0.15, 0.2) is 11.5 Å². The number of carbonyl (C=O) groups excluding carboxylic acids is 2. The number of rotatable bonds is 9.